The van der Waals surface area contributed by atoms with Gasteiger partial charge in [-0.2, -0.15) is 0 Å². The molecule has 0 aromatic heterocycles. The summed E-state index contributed by atoms with van der Waals surface area (Å²) in [5, 5.41) is 16.7. The van der Waals surface area contributed by atoms with E-state index in [9.17, 15) is 9.59 Å². The van der Waals surface area contributed by atoms with Crippen LogP contribution in [0.25, 0.3) is 0 Å². The molecule has 0 amide bonds. The van der Waals surface area contributed by atoms with Crippen molar-refractivity contribution in [3.8, 4) is 0 Å². The zero-order chi connectivity index (χ0) is 18.7. The zero-order valence-corrected chi connectivity index (χ0v) is 18.5. The maximum atomic E-state index is 10.0. The van der Waals surface area contributed by atoms with Gasteiger partial charge in [-0.1, -0.05) is 0 Å². The van der Waals surface area contributed by atoms with Crippen LogP contribution in [-0.2, 0) is 9.59 Å². The summed E-state index contributed by atoms with van der Waals surface area (Å²) in [6.45, 7) is 10.3. The average molecular weight is 433 g/mol. The first-order valence-electron chi connectivity index (χ1n) is 8.13. The predicted octanol–water partition coefficient (Wildman–Crippen LogP) is 5.20. The van der Waals surface area contributed by atoms with E-state index < -0.39 is 0 Å². The summed E-state index contributed by atoms with van der Waals surface area (Å²) in [6.07, 6.45) is 8.17. The maximum absolute atomic E-state index is 10.0. The van der Waals surface area contributed by atoms with E-state index in [1.807, 2.05) is 0 Å². The van der Waals surface area contributed by atoms with E-state index in [0.717, 1.165) is 0 Å². The molecule has 0 atom stereocenters. The van der Waals surface area contributed by atoms with Gasteiger partial charge in [-0.3, -0.25) is 9.59 Å². The second-order valence-electron chi connectivity index (χ2n) is 5.25. The molecule has 0 aliphatic carbocycles. The van der Waals surface area contributed by atoms with Gasteiger partial charge in [-0.25, -0.2) is 0 Å². The molecule has 0 saturated carbocycles. The first kappa shape index (κ1) is 27.1. The molecule has 0 fully saturated rings. The molecule has 0 bridgehead atoms. The Morgan fingerprint density at radius 1 is 0.783 bits per heavy atom. The number of aliphatic hydroxyl groups is 2. The fraction of sp³-hybridized carbons (Fsp3) is 0.667. The second kappa shape index (κ2) is 21.2. The van der Waals surface area contributed by atoms with Crippen LogP contribution in [0.2, 0.25) is 8.87 Å². The van der Waals surface area contributed by atoms with Gasteiger partial charge in [0.25, 0.3) is 0 Å². The molecule has 0 heterocycles. The van der Waals surface area contributed by atoms with Gasteiger partial charge in [0.1, 0.15) is 0 Å². The zero-order valence-electron chi connectivity index (χ0n) is 15.6. The molecule has 0 aromatic rings. The van der Waals surface area contributed by atoms with Crippen LogP contribution in [0.5, 0.6) is 0 Å². The van der Waals surface area contributed by atoms with Crippen molar-refractivity contribution in [1.29, 1.82) is 0 Å². The van der Waals surface area contributed by atoms with Crippen LogP contribution in [0, 0.1) is 0 Å². The molecule has 5 heteroatoms. The molecular weight excluding hydrogens is 399 g/mol. The van der Waals surface area contributed by atoms with E-state index in [4.69, 9.17) is 10.2 Å². The van der Waals surface area contributed by atoms with E-state index in [-0.39, 0.29) is 44.2 Å². The van der Waals surface area contributed by atoms with Crippen molar-refractivity contribution < 1.29 is 19.8 Å². The van der Waals surface area contributed by atoms with Crippen molar-refractivity contribution in [3.63, 3.8) is 0 Å². The number of ketones is 2. The van der Waals surface area contributed by atoms with Crippen molar-refractivity contribution in [2.75, 3.05) is 0 Å². The van der Waals surface area contributed by atoms with E-state index in [2.05, 4.69) is 13.8 Å². The van der Waals surface area contributed by atoms with Gasteiger partial charge in [0.2, 0.25) is 0 Å². The summed E-state index contributed by atoms with van der Waals surface area (Å²) < 4.78 is 3.25. The fourth-order valence-corrected chi connectivity index (χ4v) is 5.48. The molecule has 0 aliphatic rings. The minimum atomic E-state index is -0.125. The van der Waals surface area contributed by atoms with Crippen molar-refractivity contribution in [3.05, 3.63) is 23.7 Å². The molecule has 134 valence electrons. The van der Waals surface area contributed by atoms with Crippen LogP contribution in [-0.4, -0.2) is 42.9 Å². The molecule has 0 aromatic carbocycles. The van der Waals surface area contributed by atoms with Crippen LogP contribution >= 0.6 is 0 Å². The predicted molar refractivity (Wildman–Crippen MR) is 99.3 cm³/mol. The molecule has 0 rings (SSSR count). The van der Waals surface area contributed by atoms with Gasteiger partial charge in [-0.05, 0) is 27.7 Å². The summed E-state index contributed by atoms with van der Waals surface area (Å²) in [4.78, 5) is 20.0. The standard InChI is InChI=1S/2C5H8O2.2C4H9.Sn/c2*1-4(6)3-5(2)7;2*1-3-4-2;/h2*3,6H,1-2H3;2*1,3-4H2,2H3;/b2*4-3-;;;. The van der Waals surface area contributed by atoms with Crippen molar-refractivity contribution >= 4 is 32.7 Å². The summed E-state index contributed by atoms with van der Waals surface area (Å²) >= 11 is 0.149. The van der Waals surface area contributed by atoms with Crippen LogP contribution in [0.1, 0.15) is 67.2 Å². The Morgan fingerprint density at radius 3 is 1.22 bits per heavy atom. The number of unbranched alkanes of at least 4 members (excludes halogenated alkanes) is 2. The topological polar surface area (TPSA) is 74.6 Å². The molecule has 23 heavy (non-hydrogen) atoms. The summed E-state index contributed by atoms with van der Waals surface area (Å²) in [6, 6.07) is 0. The number of hydrogen-bond donors (Lipinski definition) is 2. The first-order valence-corrected chi connectivity index (χ1v) is 12.2. The third-order valence-electron chi connectivity index (χ3n) is 2.24. The number of carbonyl (C=O) groups excluding carboxylic acids is 2. The Kier molecular flexibility index (Phi) is 25.0. The van der Waals surface area contributed by atoms with Crippen LogP contribution in [0.3, 0.4) is 0 Å². The number of carbonyl (C=O) groups is 2. The Morgan fingerprint density at radius 2 is 1.09 bits per heavy atom. The molecule has 0 unspecified atom stereocenters. The Bertz CT molecular complexity index is 318. The van der Waals surface area contributed by atoms with E-state index >= 15 is 0 Å². The molecule has 0 saturated heterocycles. The normalized spacial score (nSPS) is 10.9. The number of hydrogen-bond acceptors (Lipinski definition) is 4. The van der Waals surface area contributed by atoms with Gasteiger partial charge in [0.05, 0.1) is 11.5 Å². The quantitative estimate of drug-likeness (QED) is 0.239. The van der Waals surface area contributed by atoms with Gasteiger partial charge in [0.15, 0.2) is 11.6 Å². The molecule has 4 nitrogen and oxygen atoms in total. The van der Waals surface area contributed by atoms with E-state index in [0.29, 0.717) is 0 Å². The summed E-state index contributed by atoms with van der Waals surface area (Å²) in [7, 11) is 0. The van der Waals surface area contributed by atoms with Crippen LogP contribution in [0.4, 0.5) is 0 Å². The number of rotatable bonds is 8. The first-order chi connectivity index (χ1) is 10.7. The Hall–Kier alpha value is -0.781. The van der Waals surface area contributed by atoms with Crippen LogP contribution < -0.4 is 0 Å². The number of allylic oxidation sites excluding steroid dienone is 4. The monoisotopic (exact) mass is 434 g/mol. The molecule has 2 N–H and O–H groups in total. The molecule has 0 spiro atoms. The molecule has 2 radical (unpaired) electrons. The SMILES string of the molecule is CC(=O)/C=C(/C)O.CC(=O)/C=C(/C)O.CCC[CH2][Sn][CH2]CCC. The van der Waals surface area contributed by atoms with Crippen molar-refractivity contribution in [2.24, 2.45) is 0 Å². The van der Waals surface area contributed by atoms with E-state index in [1.54, 1.807) is 8.87 Å². The molecule has 0 aliphatic heterocycles. The van der Waals surface area contributed by atoms with Crippen molar-refractivity contribution in [2.45, 2.75) is 76.1 Å². The van der Waals surface area contributed by atoms with E-state index in [1.165, 1.54) is 65.5 Å². The second-order valence-corrected chi connectivity index (χ2v) is 9.53. The molecular formula is C18H34O4Sn. The minimum absolute atomic E-state index is 0.0625. The third kappa shape index (κ3) is 44.9. The van der Waals surface area contributed by atoms with Gasteiger partial charge >= 0.3 is 69.5 Å². The fourth-order valence-electron chi connectivity index (χ4n) is 1.32. The van der Waals surface area contributed by atoms with Gasteiger partial charge in [-0.15, -0.1) is 0 Å². The van der Waals surface area contributed by atoms with Crippen LogP contribution in [0.15, 0.2) is 23.7 Å². The average Bonchev–Trinajstić information content (AvgIpc) is 2.36. The van der Waals surface area contributed by atoms with Gasteiger partial charge in [0, 0.05) is 12.2 Å². The summed E-state index contributed by atoms with van der Waals surface area (Å²) in [5.41, 5.74) is 0. The Balaban J connectivity index is -0.000000264. The van der Waals surface area contributed by atoms with Gasteiger partial charge < -0.3 is 10.2 Å². The van der Waals surface area contributed by atoms with Crippen molar-refractivity contribution in [1.82, 2.24) is 0 Å². The number of aliphatic hydroxyl groups excluding tert-OH is 2. The Labute approximate surface area is 152 Å². The summed E-state index contributed by atoms with van der Waals surface area (Å²) in [5.74, 6) is -0.125. The third-order valence-corrected chi connectivity index (χ3v) is 6.27.